The van der Waals surface area contributed by atoms with E-state index in [-0.39, 0.29) is 0 Å². The van der Waals surface area contributed by atoms with Crippen molar-refractivity contribution < 1.29 is 39.0 Å². The van der Waals surface area contributed by atoms with Crippen molar-refractivity contribution in [1.29, 1.82) is 0 Å². The molecule has 0 spiro atoms. The van der Waals surface area contributed by atoms with Gasteiger partial charge in [-0.25, -0.2) is 23.6 Å². The lowest BCUT2D eigenvalue weighted by Gasteiger charge is -2.17. The molecule has 2 heterocycles. The number of aliphatic hydroxyl groups excluding tert-OH is 1. The van der Waals surface area contributed by atoms with E-state index < -0.39 is 10.2 Å². The molecule has 0 amide bonds. The summed E-state index contributed by atoms with van der Waals surface area (Å²) in [5.41, 5.74) is 2.40. The Bertz CT molecular complexity index is 392. The molecule has 0 saturated carbocycles. The minimum absolute atomic E-state index is 1.00. The molecule has 0 saturated heterocycles. The first kappa shape index (κ1) is 17.4. The Kier molecular flexibility index (Phi) is 8.55. The van der Waals surface area contributed by atoms with Crippen molar-refractivity contribution in [1.82, 2.24) is 4.98 Å². The summed E-state index contributed by atoms with van der Waals surface area (Å²) >= 11 is 0. The van der Waals surface area contributed by atoms with E-state index in [2.05, 4.69) is 9.97 Å². The Hall–Kier alpha value is -1.61. The van der Waals surface area contributed by atoms with Gasteiger partial charge in [-0.15, -0.1) is 10.2 Å². The molecule has 0 aliphatic heterocycles. The summed E-state index contributed by atoms with van der Waals surface area (Å²) in [6.45, 7) is 0. The summed E-state index contributed by atoms with van der Waals surface area (Å²) in [6.07, 6.45) is 7.42. The van der Waals surface area contributed by atoms with Crippen molar-refractivity contribution in [3.05, 3.63) is 49.1 Å². The summed E-state index contributed by atoms with van der Waals surface area (Å²) in [5, 5.41) is 7.00. The van der Waals surface area contributed by atoms with E-state index in [4.69, 9.17) is 23.7 Å². The van der Waals surface area contributed by atoms with Gasteiger partial charge in [0.15, 0.2) is 12.4 Å². The molecule has 2 N–H and O–H groups in total. The summed E-state index contributed by atoms with van der Waals surface area (Å²) < 4.78 is 34.0. The second-order valence-electron chi connectivity index (χ2n) is 2.90. The van der Waals surface area contributed by atoms with Crippen LogP contribution in [0.25, 0.3) is 11.1 Å². The van der Waals surface area contributed by atoms with E-state index in [1.807, 2.05) is 36.7 Å². The Morgan fingerprint density at radius 1 is 0.895 bits per heavy atom. The van der Waals surface area contributed by atoms with Crippen molar-refractivity contribution in [2.75, 3.05) is 7.11 Å². The van der Waals surface area contributed by atoms with E-state index in [9.17, 15) is 0 Å². The highest BCUT2D eigenvalue weighted by molar-refractivity contribution is 5.61. The molecule has 2 aromatic rings. The van der Waals surface area contributed by atoms with Gasteiger partial charge in [-0.1, -0.05) is 0 Å². The zero-order valence-electron chi connectivity index (χ0n) is 10.0. The van der Waals surface area contributed by atoms with Crippen LogP contribution in [0.4, 0.5) is 0 Å². The molecule has 0 radical (unpaired) electrons. The number of aliphatic hydroxyl groups is 1. The fourth-order valence-corrected chi connectivity index (χ4v) is 1.12. The molecule has 0 aliphatic carbocycles. The average Bonchev–Trinajstić information content (AvgIpc) is 2.41. The fourth-order valence-electron chi connectivity index (χ4n) is 1.12. The van der Waals surface area contributed by atoms with Crippen molar-refractivity contribution in [2.24, 2.45) is 0 Å². The average molecular weight is 289 g/mol. The van der Waals surface area contributed by atoms with Crippen LogP contribution in [0, 0.1) is 10.2 Å². The third kappa shape index (κ3) is 10.0. The number of aromatic nitrogens is 2. The second-order valence-corrected chi connectivity index (χ2v) is 3.66. The van der Waals surface area contributed by atoms with Crippen LogP contribution in [-0.4, -0.2) is 17.2 Å². The molecule has 7 nitrogen and oxygen atoms in total. The van der Waals surface area contributed by atoms with Crippen molar-refractivity contribution >= 4 is 0 Å². The fraction of sp³-hybridized carbons (Fsp3) is 0.0909. The van der Waals surface area contributed by atoms with Gasteiger partial charge >= 0.3 is 0 Å². The van der Waals surface area contributed by atoms with Gasteiger partial charge in [-0.2, -0.15) is 0 Å². The molecule has 0 atom stereocenters. The first-order valence-electron chi connectivity index (χ1n) is 4.90. The van der Waals surface area contributed by atoms with Crippen LogP contribution >= 0.6 is 0 Å². The largest absolute Gasteiger partial charge is 0.400 e. The van der Waals surface area contributed by atoms with Gasteiger partial charge in [0.05, 0.1) is 0 Å². The number of rotatable bonds is 1. The van der Waals surface area contributed by atoms with Crippen LogP contribution in [0.3, 0.4) is 0 Å². The Labute approximate surface area is 112 Å². The third-order valence-corrected chi connectivity index (χ3v) is 1.73. The summed E-state index contributed by atoms with van der Waals surface area (Å²) in [4.78, 5) is 6.95. The molecule has 104 valence electrons. The SMILES string of the molecule is CO.[O-][Cl+3]([O-])([O-])[O-].c1cc(-c2cc[nH+]cc2)ccn1. The molecule has 2 aromatic heterocycles. The van der Waals surface area contributed by atoms with Gasteiger partial charge in [0.2, 0.25) is 0 Å². The van der Waals surface area contributed by atoms with Crippen LogP contribution in [-0.2, 0) is 0 Å². The summed E-state index contributed by atoms with van der Waals surface area (Å²) in [6, 6.07) is 8.06. The zero-order valence-corrected chi connectivity index (χ0v) is 10.8. The minimum Gasteiger partial charge on any atom is -0.400 e. The predicted octanol–water partition coefficient (Wildman–Crippen LogP) is -3.58. The van der Waals surface area contributed by atoms with Crippen LogP contribution < -0.4 is 23.6 Å². The smallest absolute Gasteiger partial charge is 0.167 e. The second kappa shape index (κ2) is 9.34. The monoisotopic (exact) mass is 288 g/mol. The Balaban J connectivity index is 0.000000396. The van der Waals surface area contributed by atoms with E-state index in [1.54, 1.807) is 12.4 Å². The number of aromatic amines is 1. The van der Waals surface area contributed by atoms with E-state index in [1.165, 1.54) is 11.1 Å². The van der Waals surface area contributed by atoms with E-state index in [0.29, 0.717) is 0 Å². The molecule has 8 heteroatoms. The van der Waals surface area contributed by atoms with Crippen molar-refractivity contribution in [3.63, 3.8) is 0 Å². The van der Waals surface area contributed by atoms with Gasteiger partial charge in [-0.05, 0) is 23.3 Å². The number of hydrogen-bond acceptors (Lipinski definition) is 6. The highest BCUT2D eigenvalue weighted by atomic mass is 35.7. The predicted molar refractivity (Wildman–Crippen MR) is 54.4 cm³/mol. The minimum atomic E-state index is -4.94. The lowest BCUT2D eigenvalue weighted by Crippen LogP contribution is -2.68. The molecule has 0 fully saturated rings. The van der Waals surface area contributed by atoms with E-state index >= 15 is 0 Å². The highest BCUT2D eigenvalue weighted by Crippen LogP contribution is 2.14. The maximum absolute atomic E-state index is 8.49. The van der Waals surface area contributed by atoms with Crippen LogP contribution in [0.15, 0.2) is 49.1 Å². The van der Waals surface area contributed by atoms with Crippen LogP contribution in [0.1, 0.15) is 0 Å². The lowest BCUT2D eigenvalue weighted by molar-refractivity contribution is -2.00. The normalized spacial score (nSPS) is 9.58. The van der Waals surface area contributed by atoms with Crippen molar-refractivity contribution in [3.8, 4) is 11.1 Å². The maximum atomic E-state index is 8.49. The molecule has 0 aromatic carbocycles. The Morgan fingerprint density at radius 3 is 1.68 bits per heavy atom. The quantitative estimate of drug-likeness (QED) is 0.575. The summed E-state index contributed by atoms with van der Waals surface area (Å²) in [5.74, 6) is 0. The third-order valence-electron chi connectivity index (χ3n) is 1.73. The summed E-state index contributed by atoms with van der Waals surface area (Å²) in [7, 11) is -3.94. The molecular formula is C11H13ClN2O5. The lowest BCUT2D eigenvalue weighted by atomic mass is 10.1. The molecule has 2 rings (SSSR count). The number of halogens is 1. The number of nitrogens with zero attached hydrogens (tertiary/aromatic N) is 1. The number of H-pyrrole nitrogens is 1. The first-order chi connectivity index (χ1) is 8.97. The zero-order chi connectivity index (χ0) is 14.7. The highest BCUT2D eigenvalue weighted by Gasteiger charge is 1.95. The topological polar surface area (TPSA) is 140 Å². The van der Waals surface area contributed by atoms with Gasteiger partial charge < -0.3 is 5.11 Å². The van der Waals surface area contributed by atoms with Gasteiger partial charge in [0.25, 0.3) is 0 Å². The maximum Gasteiger partial charge on any atom is 0.167 e. The van der Waals surface area contributed by atoms with Gasteiger partial charge in [-0.3, -0.25) is 4.98 Å². The number of hydrogen-bond donors (Lipinski definition) is 1. The standard InChI is InChI=1S/C10H8N2.CH4O.ClHO4/c1-5-11-6-2-9(1)10-3-7-12-8-4-10;1-2;2-1(3,4)5/h1-8H;2H,1H3;(H,2,3,4,5). The number of pyridine rings is 2. The molecule has 0 unspecified atom stereocenters. The van der Waals surface area contributed by atoms with Gasteiger partial charge in [0.1, 0.15) is 0 Å². The Morgan fingerprint density at radius 2 is 1.26 bits per heavy atom. The van der Waals surface area contributed by atoms with E-state index in [0.717, 1.165) is 7.11 Å². The molecule has 0 aliphatic rings. The van der Waals surface area contributed by atoms with Crippen molar-refractivity contribution in [2.45, 2.75) is 0 Å². The molecule has 19 heavy (non-hydrogen) atoms. The number of nitrogens with one attached hydrogen (secondary N) is 1. The molecular weight excluding hydrogens is 276 g/mol. The molecule has 0 bridgehead atoms. The van der Waals surface area contributed by atoms with Crippen LogP contribution in [0.2, 0.25) is 0 Å². The first-order valence-corrected chi connectivity index (χ1v) is 6.13. The van der Waals surface area contributed by atoms with Crippen LogP contribution in [0.5, 0.6) is 0 Å². The van der Waals surface area contributed by atoms with Gasteiger partial charge in [0, 0.05) is 31.6 Å².